The fourth-order valence-corrected chi connectivity index (χ4v) is 4.05. The normalized spacial score (nSPS) is 33.5. The first-order valence-corrected chi connectivity index (χ1v) is 8.66. The van der Waals surface area contributed by atoms with Gasteiger partial charge >= 0.3 is 0 Å². The molecule has 0 bridgehead atoms. The second-order valence-corrected chi connectivity index (χ2v) is 8.49. The van der Waals surface area contributed by atoms with Gasteiger partial charge in [0.05, 0.1) is 0 Å². The Kier molecular flexibility index (Phi) is 6.53. The third kappa shape index (κ3) is 4.73. The molecule has 0 amide bonds. The molecule has 0 radical (unpaired) electrons. The molecule has 1 aliphatic rings. The van der Waals surface area contributed by atoms with Gasteiger partial charge < -0.3 is 11.5 Å². The number of hydrogen-bond acceptors (Lipinski definition) is 2. The highest BCUT2D eigenvalue weighted by atomic mass is 14.7. The molecule has 0 spiro atoms. The van der Waals surface area contributed by atoms with E-state index in [0.717, 1.165) is 12.3 Å². The van der Waals surface area contributed by atoms with Crippen LogP contribution in [0, 0.1) is 29.1 Å². The lowest BCUT2D eigenvalue weighted by atomic mass is 9.60. The minimum absolute atomic E-state index is 0.341. The summed E-state index contributed by atoms with van der Waals surface area (Å²) in [5.74, 6) is 2.87. The maximum atomic E-state index is 6.45. The van der Waals surface area contributed by atoms with Gasteiger partial charge in [-0.2, -0.15) is 0 Å². The Morgan fingerprint density at radius 3 is 2.25 bits per heavy atom. The molecule has 1 fully saturated rings. The van der Waals surface area contributed by atoms with Gasteiger partial charge in [-0.3, -0.25) is 0 Å². The van der Waals surface area contributed by atoms with Crippen molar-refractivity contribution in [3.8, 4) is 0 Å². The minimum Gasteiger partial charge on any atom is -0.328 e. The van der Waals surface area contributed by atoms with E-state index in [0.29, 0.717) is 35.3 Å². The van der Waals surface area contributed by atoms with E-state index >= 15 is 0 Å². The van der Waals surface area contributed by atoms with Gasteiger partial charge in [-0.15, -0.1) is 0 Å². The molecule has 2 nitrogen and oxygen atoms in total. The van der Waals surface area contributed by atoms with Crippen molar-refractivity contribution in [2.24, 2.45) is 40.6 Å². The molecule has 5 unspecified atom stereocenters. The van der Waals surface area contributed by atoms with Crippen molar-refractivity contribution in [3.63, 3.8) is 0 Å². The van der Waals surface area contributed by atoms with E-state index in [1.165, 1.54) is 25.7 Å². The summed E-state index contributed by atoms with van der Waals surface area (Å²) in [4.78, 5) is 0. The van der Waals surface area contributed by atoms with Gasteiger partial charge in [-0.05, 0) is 61.7 Å². The summed E-state index contributed by atoms with van der Waals surface area (Å²) in [5, 5.41) is 0. The topological polar surface area (TPSA) is 52.0 Å². The van der Waals surface area contributed by atoms with E-state index < -0.39 is 0 Å². The fourth-order valence-electron chi connectivity index (χ4n) is 4.05. The first-order valence-electron chi connectivity index (χ1n) is 8.66. The van der Waals surface area contributed by atoms with Crippen LogP contribution in [0.3, 0.4) is 0 Å². The van der Waals surface area contributed by atoms with E-state index in [9.17, 15) is 0 Å². The van der Waals surface area contributed by atoms with Crippen LogP contribution in [-0.2, 0) is 0 Å². The lowest BCUT2D eigenvalue weighted by molar-refractivity contribution is 0.0528. The van der Waals surface area contributed by atoms with Crippen molar-refractivity contribution in [1.29, 1.82) is 0 Å². The van der Waals surface area contributed by atoms with Gasteiger partial charge in [0.2, 0.25) is 0 Å². The molecule has 0 aromatic rings. The molecule has 1 saturated carbocycles. The molecule has 120 valence electrons. The smallest absolute Gasteiger partial charge is 0.00956 e. The predicted octanol–water partition coefficient (Wildman–Crippen LogP) is 4.18. The van der Waals surface area contributed by atoms with Gasteiger partial charge in [0, 0.05) is 12.1 Å². The zero-order chi connectivity index (χ0) is 15.5. The van der Waals surface area contributed by atoms with Crippen LogP contribution in [0.15, 0.2) is 0 Å². The molecule has 2 heteroatoms. The molecular weight excluding hydrogens is 244 g/mol. The molecule has 0 saturated heterocycles. The van der Waals surface area contributed by atoms with Gasteiger partial charge in [0.1, 0.15) is 0 Å². The van der Waals surface area contributed by atoms with E-state index in [1.54, 1.807) is 0 Å². The Balaban J connectivity index is 2.64. The standard InChI is InChI=1S/C18H38N2/c1-12(2)16-11-15(10-13(3)17(16)20)18(5,6)9-7-8-14(4)19/h12-17H,7-11,19-20H2,1-6H3. The highest BCUT2D eigenvalue weighted by Crippen LogP contribution is 2.46. The molecule has 0 aromatic carbocycles. The summed E-state index contributed by atoms with van der Waals surface area (Å²) in [6, 6.07) is 0.735. The third-order valence-electron chi connectivity index (χ3n) is 5.81. The molecule has 1 aliphatic carbocycles. The fraction of sp³-hybridized carbons (Fsp3) is 1.00. The van der Waals surface area contributed by atoms with Crippen LogP contribution in [0.1, 0.15) is 73.6 Å². The Morgan fingerprint density at radius 2 is 1.75 bits per heavy atom. The van der Waals surface area contributed by atoms with Crippen molar-refractivity contribution in [2.75, 3.05) is 0 Å². The van der Waals surface area contributed by atoms with Gasteiger partial charge in [0.15, 0.2) is 0 Å². The van der Waals surface area contributed by atoms with Crippen molar-refractivity contribution < 1.29 is 0 Å². The van der Waals surface area contributed by atoms with Crippen LogP contribution in [-0.4, -0.2) is 12.1 Å². The van der Waals surface area contributed by atoms with Crippen molar-refractivity contribution in [2.45, 2.75) is 85.7 Å². The summed E-state index contributed by atoms with van der Waals surface area (Å²) in [7, 11) is 0. The van der Waals surface area contributed by atoms with Crippen LogP contribution in [0.2, 0.25) is 0 Å². The molecule has 0 aromatic heterocycles. The Morgan fingerprint density at radius 1 is 1.15 bits per heavy atom. The summed E-state index contributed by atoms with van der Waals surface area (Å²) in [5.41, 5.74) is 12.8. The zero-order valence-electron chi connectivity index (χ0n) is 14.7. The summed E-state index contributed by atoms with van der Waals surface area (Å²) in [6.45, 7) is 14.1. The summed E-state index contributed by atoms with van der Waals surface area (Å²) in [6.07, 6.45) is 6.32. The van der Waals surface area contributed by atoms with Crippen LogP contribution < -0.4 is 11.5 Å². The average molecular weight is 283 g/mol. The molecule has 5 atom stereocenters. The quantitative estimate of drug-likeness (QED) is 0.768. The van der Waals surface area contributed by atoms with E-state index in [2.05, 4.69) is 41.5 Å². The molecule has 20 heavy (non-hydrogen) atoms. The van der Waals surface area contributed by atoms with Crippen LogP contribution in [0.25, 0.3) is 0 Å². The Labute approximate surface area is 127 Å². The van der Waals surface area contributed by atoms with E-state index in [4.69, 9.17) is 11.5 Å². The highest BCUT2D eigenvalue weighted by molar-refractivity contribution is 4.93. The number of nitrogens with two attached hydrogens (primary N) is 2. The number of rotatable bonds is 6. The van der Waals surface area contributed by atoms with Crippen molar-refractivity contribution in [1.82, 2.24) is 0 Å². The van der Waals surface area contributed by atoms with E-state index in [-0.39, 0.29) is 0 Å². The largest absolute Gasteiger partial charge is 0.328 e. The lowest BCUT2D eigenvalue weighted by Crippen LogP contribution is -2.47. The van der Waals surface area contributed by atoms with Gasteiger partial charge in [-0.1, -0.05) is 41.0 Å². The van der Waals surface area contributed by atoms with Crippen LogP contribution in [0.4, 0.5) is 0 Å². The molecule has 4 N–H and O–H groups in total. The summed E-state index contributed by atoms with van der Waals surface area (Å²) >= 11 is 0. The zero-order valence-corrected chi connectivity index (χ0v) is 14.7. The monoisotopic (exact) mass is 282 g/mol. The molecule has 1 rings (SSSR count). The second kappa shape index (κ2) is 7.26. The lowest BCUT2D eigenvalue weighted by Gasteiger charge is -2.47. The predicted molar refractivity (Wildman–Crippen MR) is 89.5 cm³/mol. The Hall–Kier alpha value is -0.0800. The van der Waals surface area contributed by atoms with Crippen molar-refractivity contribution >= 4 is 0 Å². The van der Waals surface area contributed by atoms with Gasteiger partial charge in [0.25, 0.3) is 0 Å². The van der Waals surface area contributed by atoms with Crippen molar-refractivity contribution in [3.05, 3.63) is 0 Å². The second-order valence-electron chi connectivity index (χ2n) is 8.49. The Bertz CT molecular complexity index is 283. The molecule has 0 heterocycles. The first-order chi connectivity index (χ1) is 9.15. The van der Waals surface area contributed by atoms with E-state index in [1.807, 2.05) is 0 Å². The highest BCUT2D eigenvalue weighted by Gasteiger charge is 2.40. The first kappa shape index (κ1) is 18.0. The van der Waals surface area contributed by atoms with Crippen LogP contribution in [0.5, 0.6) is 0 Å². The van der Waals surface area contributed by atoms with Crippen LogP contribution >= 0.6 is 0 Å². The molecular formula is C18H38N2. The SMILES string of the molecule is CC(N)CCCC(C)(C)C1CC(C)C(N)C(C(C)C)C1. The van der Waals surface area contributed by atoms with Gasteiger partial charge in [-0.25, -0.2) is 0 Å². The average Bonchev–Trinajstić information content (AvgIpc) is 2.31. The maximum absolute atomic E-state index is 6.45. The number of hydrogen-bond donors (Lipinski definition) is 2. The minimum atomic E-state index is 0.341. The summed E-state index contributed by atoms with van der Waals surface area (Å²) < 4.78 is 0. The molecule has 0 aliphatic heterocycles. The maximum Gasteiger partial charge on any atom is 0.00956 e. The third-order valence-corrected chi connectivity index (χ3v) is 5.81.